The van der Waals surface area contributed by atoms with Crippen LogP contribution in [0.15, 0.2) is 22.7 Å². The first-order valence-corrected chi connectivity index (χ1v) is 7.03. The van der Waals surface area contributed by atoms with Gasteiger partial charge in [-0.2, -0.15) is 0 Å². The van der Waals surface area contributed by atoms with Gasteiger partial charge in [0, 0.05) is 11.8 Å². The zero-order valence-corrected chi connectivity index (χ0v) is 10.8. The average Bonchev–Trinajstić information content (AvgIpc) is 2.76. The first kappa shape index (κ1) is 11.4. The van der Waals surface area contributed by atoms with Crippen molar-refractivity contribution in [2.75, 3.05) is 12.5 Å². The molecule has 0 radical (unpaired) electrons. The van der Waals surface area contributed by atoms with Crippen LogP contribution >= 0.6 is 23.5 Å². The van der Waals surface area contributed by atoms with Crippen molar-refractivity contribution in [2.24, 2.45) is 0 Å². The van der Waals surface area contributed by atoms with Crippen molar-refractivity contribution in [1.29, 1.82) is 0 Å². The smallest absolute Gasteiger partial charge is 0.208 e. The highest BCUT2D eigenvalue weighted by molar-refractivity contribution is 7.98. The van der Waals surface area contributed by atoms with E-state index in [1.165, 1.54) is 23.5 Å². The summed E-state index contributed by atoms with van der Waals surface area (Å²) in [7, 11) is 0. The summed E-state index contributed by atoms with van der Waals surface area (Å²) in [6, 6.07) is 1.89. The van der Waals surface area contributed by atoms with Gasteiger partial charge < -0.3 is 0 Å². The number of thioether (sulfide) groups is 2. The predicted octanol–water partition coefficient (Wildman–Crippen LogP) is 1.81. The van der Waals surface area contributed by atoms with Gasteiger partial charge in [0.1, 0.15) is 6.33 Å². The Balaban J connectivity index is 2.42. The van der Waals surface area contributed by atoms with Crippen LogP contribution < -0.4 is 0 Å². The Morgan fingerprint density at radius 3 is 2.50 bits per heavy atom. The number of aromatic nitrogens is 5. The minimum absolute atomic E-state index is 0.738. The Hall–Kier alpha value is -1.08. The summed E-state index contributed by atoms with van der Waals surface area (Å²) in [6.45, 7) is 1.94. The lowest BCUT2D eigenvalue weighted by molar-refractivity contribution is 0.775. The Morgan fingerprint density at radius 1 is 1.12 bits per heavy atom. The minimum Gasteiger partial charge on any atom is -0.228 e. The molecule has 2 aromatic rings. The highest BCUT2D eigenvalue weighted by Gasteiger charge is 2.06. The summed E-state index contributed by atoms with van der Waals surface area (Å²) >= 11 is 3.02. The number of nitrogens with zero attached hydrogens (tertiary/aromatic N) is 5. The predicted molar refractivity (Wildman–Crippen MR) is 65.2 cm³/mol. The molecule has 5 nitrogen and oxygen atoms in total. The Labute approximate surface area is 102 Å². The van der Waals surface area contributed by atoms with Crippen LogP contribution in [0.1, 0.15) is 5.69 Å². The third kappa shape index (κ3) is 2.35. The first-order valence-electron chi connectivity index (χ1n) is 4.58. The second-order valence-electron chi connectivity index (χ2n) is 3.03. The van der Waals surface area contributed by atoms with E-state index in [-0.39, 0.29) is 0 Å². The summed E-state index contributed by atoms with van der Waals surface area (Å²) in [5, 5.41) is 5.77. The van der Waals surface area contributed by atoms with Crippen LogP contribution in [0.4, 0.5) is 0 Å². The summed E-state index contributed by atoms with van der Waals surface area (Å²) in [4.78, 5) is 12.8. The van der Waals surface area contributed by atoms with Crippen LogP contribution in [-0.2, 0) is 0 Å². The highest BCUT2D eigenvalue weighted by atomic mass is 32.2. The van der Waals surface area contributed by atoms with E-state index >= 15 is 0 Å². The van der Waals surface area contributed by atoms with E-state index in [0.29, 0.717) is 0 Å². The summed E-state index contributed by atoms with van der Waals surface area (Å²) < 4.78 is 1.67. The van der Waals surface area contributed by atoms with Gasteiger partial charge in [0.15, 0.2) is 11.0 Å². The van der Waals surface area contributed by atoms with E-state index < -0.39 is 0 Å². The van der Waals surface area contributed by atoms with Crippen molar-refractivity contribution in [3.8, 4) is 5.82 Å². The SMILES string of the molecule is CSc1nc(C)cc(-n2cnc(SC)n2)n1. The summed E-state index contributed by atoms with van der Waals surface area (Å²) in [5.41, 5.74) is 0.926. The molecule has 0 unspecified atom stereocenters. The molecule has 0 aliphatic carbocycles. The second-order valence-corrected chi connectivity index (χ2v) is 4.58. The van der Waals surface area contributed by atoms with E-state index in [2.05, 4.69) is 20.1 Å². The quantitative estimate of drug-likeness (QED) is 0.614. The topological polar surface area (TPSA) is 56.5 Å². The third-order valence-electron chi connectivity index (χ3n) is 1.89. The van der Waals surface area contributed by atoms with Gasteiger partial charge in [-0.25, -0.2) is 19.6 Å². The van der Waals surface area contributed by atoms with Crippen LogP contribution in [0.2, 0.25) is 0 Å². The molecule has 0 fully saturated rings. The van der Waals surface area contributed by atoms with Gasteiger partial charge >= 0.3 is 0 Å². The standard InChI is InChI=1S/C9H11N5S2/c1-6-4-7(12-9(11-6)16-3)14-5-10-8(13-14)15-2/h4-5H,1-3H3. The molecule has 0 N–H and O–H groups in total. The fourth-order valence-corrected chi connectivity index (χ4v) is 1.93. The Morgan fingerprint density at radius 2 is 1.88 bits per heavy atom. The van der Waals surface area contributed by atoms with Crippen molar-refractivity contribution < 1.29 is 0 Å². The molecule has 7 heteroatoms. The van der Waals surface area contributed by atoms with E-state index in [1.54, 1.807) is 11.0 Å². The van der Waals surface area contributed by atoms with Crippen LogP contribution in [0.5, 0.6) is 0 Å². The van der Waals surface area contributed by atoms with Gasteiger partial charge in [0.25, 0.3) is 0 Å². The van der Waals surface area contributed by atoms with E-state index in [1.807, 2.05) is 25.5 Å². The molecule has 84 valence electrons. The molecule has 0 aromatic carbocycles. The van der Waals surface area contributed by atoms with Gasteiger partial charge in [0.2, 0.25) is 5.16 Å². The van der Waals surface area contributed by atoms with Crippen molar-refractivity contribution >= 4 is 23.5 Å². The number of rotatable bonds is 3. The molecule has 0 saturated heterocycles. The monoisotopic (exact) mass is 253 g/mol. The first-order chi connectivity index (χ1) is 7.72. The lowest BCUT2D eigenvalue weighted by Crippen LogP contribution is -2.01. The number of hydrogen-bond acceptors (Lipinski definition) is 6. The fourth-order valence-electron chi connectivity index (χ4n) is 1.19. The van der Waals surface area contributed by atoms with Crippen molar-refractivity contribution in [1.82, 2.24) is 24.7 Å². The largest absolute Gasteiger partial charge is 0.228 e. The van der Waals surface area contributed by atoms with Crippen LogP contribution in [0.3, 0.4) is 0 Å². The molecule has 2 aromatic heterocycles. The molecular formula is C9H11N5S2. The van der Waals surface area contributed by atoms with Crippen LogP contribution in [0, 0.1) is 6.92 Å². The molecule has 2 heterocycles. The van der Waals surface area contributed by atoms with E-state index in [4.69, 9.17) is 0 Å². The molecule has 0 spiro atoms. The van der Waals surface area contributed by atoms with Gasteiger partial charge in [0.05, 0.1) is 0 Å². The maximum absolute atomic E-state index is 4.37. The third-order valence-corrected chi connectivity index (χ3v) is 2.99. The molecule has 0 aliphatic rings. The number of hydrogen-bond donors (Lipinski definition) is 0. The Bertz CT molecular complexity index is 496. The van der Waals surface area contributed by atoms with Gasteiger partial charge in [-0.3, -0.25) is 0 Å². The zero-order valence-electron chi connectivity index (χ0n) is 9.21. The van der Waals surface area contributed by atoms with Gasteiger partial charge in [-0.1, -0.05) is 23.5 Å². The zero-order chi connectivity index (χ0) is 11.5. The second kappa shape index (κ2) is 4.84. The fraction of sp³-hybridized carbons (Fsp3) is 0.333. The summed E-state index contributed by atoms with van der Waals surface area (Å²) in [5.74, 6) is 0.754. The molecule has 16 heavy (non-hydrogen) atoms. The molecule has 0 atom stereocenters. The number of aryl methyl sites for hydroxylation is 1. The molecule has 0 bridgehead atoms. The van der Waals surface area contributed by atoms with Gasteiger partial charge in [-0.05, 0) is 19.4 Å². The normalized spacial score (nSPS) is 10.7. The van der Waals surface area contributed by atoms with Crippen molar-refractivity contribution in [2.45, 2.75) is 17.2 Å². The molecular weight excluding hydrogens is 242 g/mol. The highest BCUT2D eigenvalue weighted by Crippen LogP contribution is 2.14. The molecule has 0 amide bonds. The van der Waals surface area contributed by atoms with Gasteiger partial charge in [-0.15, -0.1) is 5.10 Å². The Kier molecular flexibility index (Phi) is 3.45. The van der Waals surface area contributed by atoms with Crippen LogP contribution in [0.25, 0.3) is 5.82 Å². The molecule has 0 saturated carbocycles. The minimum atomic E-state index is 0.738. The maximum Gasteiger partial charge on any atom is 0.208 e. The molecule has 2 rings (SSSR count). The lowest BCUT2D eigenvalue weighted by Gasteiger charge is -2.02. The van der Waals surface area contributed by atoms with E-state index in [0.717, 1.165) is 21.8 Å². The maximum atomic E-state index is 4.37. The molecule has 0 aliphatic heterocycles. The van der Waals surface area contributed by atoms with Crippen molar-refractivity contribution in [3.63, 3.8) is 0 Å². The summed E-state index contributed by atoms with van der Waals surface area (Å²) in [6.07, 6.45) is 5.56. The lowest BCUT2D eigenvalue weighted by atomic mass is 10.4. The van der Waals surface area contributed by atoms with Crippen LogP contribution in [-0.4, -0.2) is 37.2 Å². The van der Waals surface area contributed by atoms with E-state index in [9.17, 15) is 0 Å². The van der Waals surface area contributed by atoms with Crippen molar-refractivity contribution in [3.05, 3.63) is 18.1 Å². The average molecular weight is 253 g/mol.